The molecule has 0 fully saturated rings. The smallest absolute Gasteiger partial charge is 0.231 e. The van der Waals surface area contributed by atoms with Crippen LogP contribution < -0.4 is 25.8 Å². The minimum absolute atomic E-state index is 0.119. The molecular formula is C22H24N8O2. The van der Waals surface area contributed by atoms with E-state index in [9.17, 15) is 5.26 Å². The van der Waals surface area contributed by atoms with E-state index < -0.39 is 0 Å². The molecule has 10 heteroatoms. The van der Waals surface area contributed by atoms with Crippen LogP contribution in [0.15, 0.2) is 35.6 Å². The third kappa shape index (κ3) is 3.88. The Bertz CT molecular complexity index is 1250. The van der Waals surface area contributed by atoms with Crippen molar-refractivity contribution in [1.29, 1.82) is 5.26 Å². The fourth-order valence-electron chi connectivity index (χ4n) is 3.49. The van der Waals surface area contributed by atoms with E-state index in [1.165, 1.54) is 6.20 Å². The molecule has 10 nitrogen and oxygen atoms in total. The Morgan fingerprint density at radius 1 is 1.28 bits per heavy atom. The minimum atomic E-state index is 0.119. The van der Waals surface area contributed by atoms with Gasteiger partial charge in [0, 0.05) is 24.8 Å². The Balaban J connectivity index is 1.78. The fourth-order valence-corrected chi connectivity index (χ4v) is 3.49. The van der Waals surface area contributed by atoms with Gasteiger partial charge in [-0.25, -0.2) is 0 Å². The monoisotopic (exact) mass is 432 g/mol. The third-order valence-corrected chi connectivity index (χ3v) is 4.78. The molecule has 1 aromatic carbocycles. The lowest BCUT2D eigenvalue weighted by Crippen LogP contribution is -2.19. The normalized spacial score (nSPS) is 13.5. The Labute approximate surface area is 185 Å². The molecule has 32 heavy (non-hydrogen) atoms. The summed E-state index contributed by atoms with van der Waals surface area (Å²) in [6.07, 6.45) is 4.77. The minimum Gasteiger partial charge on any atom is -0.485 e. The molecule has 0 saturated carbocycles. The van der Waals surface area contributed by atoms with Crippen LogP contribution in [0.2, 0.25) is 0 Å². The van der Waals surface area contributed by atoms with Gasteiger partial charge < -0.3 is 30.8 Å². The number of nitrogens with one attached hydrogen (secondary N) is 3. The van der Waals surface area contributed by atoms with Gasteiger partial charge in [0.05, 0.1) is 22.3 Å². The second-order valence-electron chi connectivity index (χ2n) is 7.34. The first-order chi connectivity index (χ1) is 15.5. The number of benzene rings is 1. The van der Waals surface area contributed by atoms with E-state index in [2.05, 4.69) is 36.6 Å². The maximum absolute atomic E-state index is 9.43. The molecule has 3 aromatic rings. The van der Waals surface area contributed by atoms with Gasteiger partial charge in [-0.15, -0.1) is 0 Å². The van der Waals surface area contributed by atoms with Crippen LogP contribution >= 0.6 is 0 Å². The number of hydrogen-bond acceptors (Lipinski definition) is 9. The van der Waals surface area contributed by atoms with Crippen LogP contribution in [0.1, 0.15) is 25.0 Å². The van der Waals surface area contributed by atoms with Crippen LogP contribution in [0, 0.1) is 11.3 Å². The van der Waals surface area contributed by atoms with Gasteiger partial charge in [0.1, 0.15) is 30.7 Å². The summed E-state index contributed by atoms with van der Waals surface area (Å²) in [7, 11) is 1.69. The van der Waals surface area contributed by atoms with Gasteiger partial charge >= 0.3 is 0 Å². The topological polar surface area (TPSA) is 146 Å². The number of ether oxygens (including phenoxy) is 2. The number of fused-ring (bicyclic) bond motifs is 2. The van der Waals surface area contributed by atoms with Crippen LogP contribution in [-0.4, -0.2) is 47.0 Å². The maximum atomic E-state index is 9.43. The van der Waals surface area contributed by atoms with Crippen LogP contribution in [0.4, 0.5) is 17.5 Å². The van der Waals surface area contributed by atoms with Crippen molar-refractivity contribution < 1.29 is 9.47 Å². The second kappa shape index (κ2) is 8.85. The fraction of sp³-hybridized carbons (Fsp3) is 0.273. The summed E-state index contributed by atoms with van der Waals surface area (Å²) in [4.78, 5) is 16.5. The van der Waals surface area contributed by atoms with Crippen molar-refractivity contribution in [3.8, 4) is 17.6 Å². The molecule has 0 aliphatic carbocycles. The molecular weight excluding hydrogens is 408 g/mol. The summed E-state index contributed by atoms with van der Waals surface area (Å²) in [6.45, 7) is 4.85. The molecule has 5 N–H and O–H groups in total. The van der Waals surface area contributed by atoms with Crippen LogP contribution in [0.5, 0.6) is 11.5 Å². The lowest BCUT2D eigenvalue weighted by molar-refractivity contribution is 0.172. The highest BCUT2D eigenvalue weighted by Gasteiger charge is 2.23. The number of aliphatic imine (C=N–C) groups is 1. The van der Waals surface area contributed by atoms with Gasteiger partial charge in [0.15, 0.2) is 11.5 Å². The summed E-state index contributed by atoms with van der Waals surface area (Å²) in [5.41, 5.74) is 8.70. The van der Waals surface area contributed by atoms with Crippen molar-refractivity contribution in [2.45, 2.75) is 19.9 Å². The number of rotatable bonds is 6. The Morgan fingerprint density at radius 3 is 2.75 bits per heavy atom. The van der Waals surface area contributed by atoms with Crippen molar-refractivity contribution in [1.82, 2.24) is 15.0 Å². The molecule has 0 amide bonds. The van der Waals surface area contributed by atoms with Gasteiger partial charge in [0.25, 0.3) is 0 Å². The number of nitriles is 1. The van der Waals surface area contributed by atoms with Crippen LogP contribution in [-0.2, 0) is 0 Å². The molecule has 4 rings (SSSR count). The molecule has 0 unspecified atom stereocenters. The van der Waals surface area contributed by atoms with Gasteiger partial charge in [-0.3, -0.25) is 4.99 Å². The predicted octanol–water partition coefficient (Wildman–Crippen LogP) is 3.06. The van der Waals surface area contributed by atoms with Gasteiger partial charge in [-0.1, -0.05) is 0 Å². The lowest BCUT2D eigenvalue weighted by Gasteiger charge is -2.24. The number of H-pyrrole nitrogens is 1. The highest BCUT2D eigenvalue weighted by atomic mass is 16.6. The van der Waals surface area contributed by atoms with E-state index in [1.807, 2.05) is 26.0 Å². The molecule has 0 spiro atoms. The van der Waals surface area contributed by atoms with E-state index in [1.54, 1.807) is 19.3 Å². The third-order valence-electron chi connectivity index (χ3n) is 4.78. The molecule has 0 radical (unpaired) electrons. The van der Waals surface area contributed by atoms with E-state index in [4.69, 9.17) is 15.2 Å². The Hall–Kier alpha value is -4.26. The SMILES string of the molecule is CN=C(C=CN)c1ccc(Nc2nc(NC(C)C)c3c(C#N)c[nH]c3n2)c2c1OCCO2. The summed E-state index contributed by atoms with van der Waals surface area (Å²) < 4.78 is 11.8. The summed E-state index contributed by atoms with van der Waals surface area (Å²) in [5.74, 6) is 2.04. The number of aromatic nitrogens is 3. The molecule has 1 aliphatic rings. The maximum Gasteiger partial charge on any atom is 0.231 e. The quantitative estimate of drug-likeness (QED) is 0.435. The molecule has 1 aliphatic heterocycles. The van der Waals surface area contributed by atoms with Gasteiger partial charge in [-0.05, 0) is 38.3 Å². The second-order valence-corrected chi connectivity index (χ2v) is 7.34. The molecule has 0 saturated heterocycles. The number of nitrogens with zero attached hydrogens (tertiary/aromatic N) is 4. The number of aromatic amines is 1. The average Bonchev–Trinajstić information content (AvgIpc) is 3.21. The van der Waals surface area contributed by atoms with E-state index in [0.717, 1.165) is 5.56 Å². The molecule has 0 bridgehead atoms. The summed E-state index contributed by atoms with van der Waals surface area (Å²) >= 11 is 0. The van der Waals surface area contributed by atoms with Crippen molar-refractivity contribution >= 4 is 34.2 Å². The first-order valence-electron chi connectivity index (χ1n) is 10.2. The largest absolute Gasteiger partial charge is 0.485 e. The number of anilines is 3. The molecule has 164 valence electrons. The lowest BCUT2D eigenvalue weighted by atomic mass is 10.1. The van der Waals surface area contributed by atoms with Crippen molar-refractivity contribution in [3.63, 3.8) is 0 Å². The summed E-state index contributed by atoms with van der Waals surface area (Å²) in [5, 5.41) is 16.6. The zero-order valence-corrected chi connectivity index (χ0v) is 18.1. The highest BCUT2D eigenvalue weighted by Crippen LogP contribution is 2.42. The molecule has 3 heterocycles. The Kier molecular flexibility index (Phi) is 5.81. The van der Waals surface area contributed by atoms with E-state index in [0.29, 0.717) is 64.5 Å². The van der Waals surface area contributed by atoms with Gasteiger partial charge in [0.2, 0.25) is 5.95 Å². The van der Waals surface area contributed by atoms with Crippen LogP contribution in [0.25, 0.3) is 11.0 Å². The van der Waals surface area contributed by atoms with E-state index >= 15 is 0 Å². The predicted molar refractivity (Wildman–Crippen MR) is 124 cm³/mol. The highest BCUT2D eigenvalue weighted by molar-refractivity contribution is 6.11. The van der Waals surface area contributed by atoms with Crippen molar-refractivity contribution in [3.05, 3.63) is 41.7 Å². The summed E-state index contributed by atoms with van der Waals surface area (Å²) in [6, 6.07) is 6.03. The number of nitrogens with two attached hydrogens (primary N) is 1. The number of allylic oxidation sites excluding steroid dienone is 1. The molecule has 2 aromatic heterocycles. The molecule has 0 atom stereocenters. The van der Waals surface area contributed by atoms with Gasteiger partial charge in [-0.2, -0.15) is 15.2 Å². The van der Waals surface area contributed by atoms with E-state index in [-0.39, 0.29) is 6.04 Å². The van der Waals surface area contributed by atoms with Crippen molar-refractivity contribution in [2.24, 2.45) is 10.7 Å². The zero-order valence-electron chi connectivity index (χ0n) is 18.1. The first-order valence-corrected chi connectivity index (χ1v) is 10.2. The zero-order chi connectivity index (χ0) is 22.7. The number of hydrogen-bond donors (Lipinski definition) is 4. The van der Waals surface area contributed by atoms with Crippen molar-refractivity contribution in [2.75, 3.05) is 30.9 Å². The Morgan fingerprint density at radius 2 is 2.06 bits per heavy atom. The van der Waals surface area contributed by atoms with Crippen LogP contribution in [0.3, 0.4) is 0 Å². The first kappa shape index (κ1) is 21.0. The average molecular weight is 432 g/mol. The standard InChI is InChI=1S/C22H24N8O2/c1-12(2)27-21-17-13(10-24)11-26-20(17)29-22(30-21)28-16-5-4-14(15(25-3)6-7-23)18-19(16)32-9-8-31-18/h4-7,11-12H,8-9,23H2,1-3H3,(H3,26,27,28,29,30).